The fourth-order valence-electron chi connectivity index (χ4n) is 2.18. The lowest BCUT2D eigenvalue weighted by Gasteiger charge is -2.22. The van der Waals surface area contributed by atoms with Gasteiger partial charge in [0.05, 0.1) is 13.1 Å². The molecule has 2 N–H and O–H groups in total. The van der Waals surface area contributed by atoms with Crippen molar-refractivity contribution < 1.29 is 9.53 Å². The fourth-order valence-corrected chi connectivity index (χ4v) is 2.18. The summed E-state index contributed by atoms with van der Waals surface area (Å²) in [6.07, 6.45) is 0. The maximum absolute atomic E-state index is 11.9. The number of aliphatic imine (C=N–C) groups is 1. The first kappa shape index (κ1) is 21.8. The van der Waals surface area contributed by atoms with Crippen LogP contribution in [0.5, 0.6) is 5.75 Å². The van der Waals surface area contributed by atoms with E-state index >= 15 is 0 Å². The molecule has 0 saturated carbocycles. The van der Waals surface area contributed by atoms with Gasteiger partial charge in [-0.3, -0.25) is 9.79 Å². The van der Waals surface area contributed by atoms with Crippen molar-refractivity contribution in [1.82, 2.24) is 15.5 Å². The van der Waals surface area contributed by atoms with E-state index in [0.29, 0.717) is 26.2 Å². The summed E-state index contributed by atoms with van der Waals surface area (Å²) in [4.78, 5) is 18.5. The molecule has 1 aromatic carbocycles. The van der Waals surface area contributed by atoms with Crippen molar-refractivity contribution >= 4 is 11.9 Å². The van der Waals surface area contributed by atoms with Crippen LogP contribution in [0, 0.1) is 12.3 Å². The molecule has 0 saturated heterocycles. The molecule has 0 atom stereocenters. The Balaban J connectivity index is 2.46. The second kappa shape index (κ2) is 10.7. The molecule has 0 spiro atoms. The minimum absolute atomic E-state index is 0.0395. The molecule has 0 fully saturated rings. The smallest absolute Gasteiger partial charge is 0.225 e. The van der Waals surface area contributed by atoms with Gasteiger partial charge in [-0.15, -0.1) is 0 Å². The van der Waals surface area contributed by atoms with Gasteiger partial charge in [0.2, 0.25) is 5.91 Å². The normalized spacial score (nSPS) is 11.8. The van der Waals surface area contributed by atoms with E-state index in [0.717, 1.165) is 23.8 Å². The summed E-state index contributed by atoms with van der Waals surface area (Å²) in [5.41, 5.74) is 0.753. The van der Waals surface area contributed by atoms with Crippen LogP contribution in [0.3, 0.4) is 0 Å². The monoisotopic (exact) mass is 362 g/mol. The maximum Gasteiger partial charge on any atom is 0.225 e. The second-order valence-electron chi connectivity index (χ2n) is 7.28. The number of hydrogen-bond donors (Lipinski definition) is 2. The second-order valence-corrected chi connectivity index (χ2v) is 7.28. The molecule has 0 aliphatic rings. The van der Waals surface area contributed by atoms with E-state index < -0.39 is 0 Å². The van der Waals surface area contributed by atoms with Gasteiger partial charge in [0.1, 0.15) is 12.4 Å². The van der Waals surface area contributed by atoms with Crippen LogP contribution >= 0.6 is 0 Å². The van der Waals surface area contributed by atoms with Crippen molar-refractivity contribution in [2.24, 2.45) is 10.4 Å². The first-order chi connectivity index (χ1) is 12.3. The van der Waals surface area contributed by atoms with Crippen LogP contribution in [0.25, 0.3) is 0 Å². The molecule has 0 aromatic heterocycles. The molecule has 6 nitrogen and oxygen atoms in total. The third-order valence-corrected chi connectivity index (χ3v) is 3.81. The van der Waals surface area contributed by atoms with Gasteiger partial charge in [-0.1, -0.05) is 39.0 Å². The largest absolute Gasteiger partial charge is 0.491 e. The number of rotatable bonds is 8. The van der Waals surface area contributed by atoms with Crippen LogP contribution in [0.15, 0.2) is 29.3 Å². The van der Waals surface area contributed by atoms with E-state index in [1.165, 1.54) is 0 Å². The van der Waals surface area contributed by atoms with Gasteiger partial charge in [0.25, 0.3) is 0 Å². The van der Waals surface area contributed by atoms with Crippen molar-refractivity contribution in [2.75, 3.05) is 39.8 Å². The average molecular weight is 363 g/mol. The number of benzene rings is 1. The number of ether oxygens (including phenoxy) is 1. The molecular formula is C20H34N4O2. The summed E-state index contributed by atoms with van der Waals surface area (Å²) in [6.45, 7) is 12.9. The van der Waals surface area contributed by atoms with Gasteiger partial charge >= 0.3 is 0 Å². The van der Waals surface area contributed by atoms with Crippen LogP contribution < -0.4 is 15.4 Å². The quantitative estimate of drug-likeness (QED) is 0.423. The summed E-state index contributed by atoms with van der Waals surface area (Å²) < 4.78 is 5.85. The number of nitrogens with zero attached hydrogens (tertiary/aromatic N) is 2. The number of nitrogens with one attached hydrogen (secondary N) is 2. The van der Waals surface area contributed by atoms with Gasteiger partial charge < -0.3 is 20.3 Å². The third kappa shape index (κ3) is 7.76. The molecule has 0 aliphatic heterocycles. The number of hydrogen-bond acceptors (Lipinski definition) is 3. The van der Waals surface area contributed by atoms with Crippen LogP contribution in [0.2, 0.25) is 0 Å². The lowest BCUT2D eigenvalue weighted by atomic mass is 9.96. The summed E-state index contributed by atoms with van der Waals surface area (Å²) in [5, 5.41) is 6.18. The number of carbonyl (C=O) groups excluding carboxylic acids is 1. The van der Waals surface area contributed by atoms with Crippen molar-refractivity contribution in [1.29, 1.82) is 0 Å². The highest BCUT2D eigenvalue weighted by Crippen LogP contribution is 2.15. The topological polar surface area (TPSA) is 66.0 Å². The Morgan fingerprint density at radius 2 is 1.92 bits per heavy atom. The molecule has 1 rings (SSSR count). The van der Waals surface area contributed by atoms with Crippen molar-refractivity contribution in [2.45, 2.75) is 34.6 Å². The van der Waals surface area contributed by atoms with Crippen molar-refractivity contribution in [3.63, 3.8) is 0 Å². The Hall–Kier alpha value is -2.24. The molecule has 26 heavy (non-hydrogen) atoms. The summed E-state index contributed by atoms with van der Waals surface area (Å²) >= 11 is 0. The Kier molecular flexibility index (Phi) is 8.96. The summed E-state index contributed by atoms with van der Waals surface area (Å²) in [6, 6.07) is 8.00. The molecule has 146 valence electrons. The summed E-state index contributed by atoms with van der Waals surface area (Å²) in [5.74, 6) is 1.76. The molecule has 0 radical (unpaired) electrons. The Morgan fingerprint density at radius 1 is 1.23 bits per heavy atom. The van der Waals surface area contributed by atoms with Crippen LogP contribution in [-0.2, 0) is 4.79 Å². The average Bonchev–Trinajstić information content (AvgIpc) is 2.58. The van der Waals surface area contributed by atoms with Crippen LogP contribution in [-0.4, -0.2) is 56.6 Å². The lowest BCUT2D eigenvalue weighted by molar-refractivity contribution is -0.128. The summed E-state index contributed by atoms with van der Waals surface area (Å²) in [7, 11) is 1.98. The van der Waals surface area contributed by atoms with Gasteiger partial charge in [0, 0.05) is 25.6 Å². The molecule has 0 unspecified atom stereocenters. The molecule has 1 amide bonds. The predicted molar refractivity (Wildman–Crippen MR) is 108 cm³/mol. The minimum Gasteiger partial charge on any atom is -0.491 e. The van der Waals surface area contributed by atoms with Gasteiger partial charge in [-0.2, -0.15) is 0 Å². The van der Waals surface area contributed by atoms with Gasteiger partial charge in [-0.05, 0) is 25.5 Å². The first-order valence-corrected chi connectivity index (χ1v) is 9.22. The SMILES string of the molecule is CCNC(=NCCNC(=O)C(C)(C)C)N(C)CCOc1ccccc1C. The van der Waals surface area contributed by atoms with Crippen molar-refractivity contribution in [3.8, 4) is 5.75 Å². The minimum atomic E-state index is -0.377. The number of amides is 1. The first-order valence-electron chi connectivity index (χ1n) is 9.22. The zero-order valence-electron chi connectivity index (χ0n) is 17.1. The number of carbonyl (C=O) groups is 1. The predicted octanol–water partition coefficient (Wildman–Crippen LogP) is 2.43. The third-order valence-electron chi connectivity index (χ3n) is 3.81. The zero-order valence-corrected chi connectivity index (χ0v) is 17.1. The standard InChI is InChI=1S/C20H34N4O2/c1-7-21-19(23-13-12-22-18(25)20(3,4)5)24(6)14-15-26-17-11-9-8-10-16(17)2/h8-11H,7,12-15H2,1-6H3,(H,21,23)(H,22,25). The zero-order chi connectivity index (χ0) is 19.6. The van der Waals surface area contributed by atoms with E-state index in [9.17, 15) is 4.79 Å². The van der Waals surface area contributed by atoms with Crippen molar-refractivity contribution in [3.05, 3.63) is 29.8 Å². The van der Waals surface area contributed by atoms with E-state index in [4.69, 9.17) is 4.74 Å². The molecule has 0 aliphatic carbocycles. The van der Waals surface area contributed by atoms with Crippen LogP contribution in [0.1, 0.15) is 33.3 Å². The van der Waals surface area contributed by atoms with Gasteiger partial charge in [-0.25, -0.2) is 0 Å². The highest BCUT2D eigenvalue weighted by Gasteiger charge is 2.20. The Bertz CT molecular complexity index is 594. The van der Waals surface area contributed by atoms with Crippen LogP contribution in [0.4, 0.5) is 0 Å². The molecular weight excluding hydrogens is 328 g/mol. The Morgan fingerprint density at radius 3 is 2.54 bits per heavy atom. The number of guanidine groups is 1. The number of aryl methyl sites for hydroxylation is 1. The van der Waals surface area contributed by atoms with E-state index in [2.05, 4.69) is 15.6 Å². The molecule has 0 heterocycles. The Labute approximate surface area is 158 Å². The molecule has 0 bridgehead atoms. The highest BCUT2D eigenvalue weighted by molar-refractivity contribution is 5.81. The fraction of sp³-hybridized carbons (Fsp3) is 0.600. The van der Waals surface area contributed by atoms with E-state index in [-0.39, 0.29) is 11.3 Å². The lowest BCUT2D eigenvalue weighted by Crippen LogP contribution is -2.41. The maximum atomic E-state index is 11.9. The van der Waals surface area contributed by atoms with E-state index in [1.54, 1.807) is 0 Å². The van der Waals surface area contributed by atoms with Gasteiger partial charge in [0.15, 0.2) is 5.96 Å². The highest BCUT2D eigenvalue weighted by atomic mass is 16.5. The van der Waals surface area contributed by atoms with E-state index in [1.807, 2.05) is 70.8 Å². The molecule has 6 heteroatoms. The molecule has 1 aromatic rings. The number of likely N-dealkylation sites (N-methyl/N-ethyl adjacent to an activating group) is 1. The number of para-hydroxylation sites is 1.